The molecule has 3 rings (SSSR count). The van der Waals surface area contributed by atoms with Gasteiger partial charge >= 0.3 is 0 Å². The van der Waals surface area contributed by atoms with Gasteiger partial charge in [-0.05, 0) is 73.9 Å². The van der Waals surface area contributed by atoms with E-state index < -0.39 is 0 Å². The van der Waals surface area contributed by atoms with Gasteiger partial charge in [-0.15, -0.1) is 0 Å². The van der Waals surface area contributed by atoms with Crippen molar-refractivity contribution in [3.63, 3.8) is 0 Å². The molecule has 0 aromatic heterocycles. The number of carbonyl (C=O) groups excluding carboxylic acids is 1. The summed E-state index contributed by atoms with van der Waals surface area (Å²) in [5.74, 6) is 0.458. The largest absolute Gasteiger partial charge is 0.294 e. The minimum atomic E-state index is 0. The fraction of sp³-hybridized carbons (Fsp3) is 0.343. The molecule has 2 aromatic carbocycles. The lowest BCUT2D eigenvalue weighted by atomic mass is 9.95. The highest BCUT2D eigenvalue weighted by atomic mass is 16.1. The van der Waals surface area contributed by atoms with Gasteiger partial charge in [0.2, 0.25) is 0 Å². The Balaban J connectivity index is 0.00000248. The van der Waals surface area contributed by atoms with Gasteiger partial charge in [-0.2, -0.15) is 0 Å². The molecule has 1 heterocycles. The van der Waals surface area contributed by atoms with E-state index in [0.29, 0.717) is 17.9 Å². The van der Waals surface area contributed by atoms with Crippen molar-refractivity contribution in [2.75, 3.05) is 7.05 Å². The van der Waals surface area contributed by atoms with Gasteiger partial charge < -0.3 is 0 Å². The summed E-state index contributed by atoms with van der Waals surface area (Å²) in [7, 11) is 1.76. The molecule has 202 valence electrons. The van der Waals surface area contributed by atoms with Crippen LogP contribution in [0.25, 0.3) is 6.08 Å². The second kappa shape index (κ2) is 15.6. The van der Waals surface area contributed by atoms with Gasteiger partial charge in [-0.1, -0.05) is 100 Å². The predicted molar refractivity (Wildman–Crippen MR) is 169 cm³/mol. The summed E-state index contributed by atoms with van der Waals surface area (Å²) in [6, 6.07) is 16.9. The topological polar surface area (TPSA) is 41.8 Å². The van der Waals surface area contributed by atoms with Crippen LogP contribution in [0.5, 0.6) is 0 Å². The lowest BCUT2D eigenvalue weighted by molar-refractivity contribution is -0.115. The zero-order valence-corrected chi connectivity index (χ0v) is 24.5. The van der Waals surface area contributed by atoms with Crippen molar-refractivity contribution in [1.82, 2.24) is 0 Å². The van der Waals surface area contributed by atoms with E-state index in [0.717, 1.165) is 41.1 Å². The first-order valence-corrected chi connectivity index (χ1v) is 13.8. The minimum absolute atomic E-state index is 0. The number of aryl methyl sites for hydroxylation is 2. The van der Waals surface area contributed by atoms with Gasteiger partial charge in [0.05, 0.1) is 11.4 Å². The first kappa shape index (κ1) is 30.6. The smallest absolute Gasteiger partial charge is 0.162 e. The van der Waals surface area contributed by atoms with Crippen LogP contribution in [0.3, 0.4) is 0 Å². The Hall–Kier alpha value is -3.59. The predicted octanol–water partition coefficient (Wildman–Crippen LogP) is 9.43. The molecule has 3 nitrogen and oxygen atoms in total. The summed E-state index contributed by atoms with van der Waals surface area (Å²) in [6.07, 6.45) is 12.4. The molecular formula is C35H46N2O. The standard InChI is InChI=1S/C33H38N2O.C2H6.H2/c1-7-33(36)30(26(5)20-28-18-17-23(2)19-24(28)3)22-32(34-6)31-16-12-11-15-29(35-31)21-25(4)27-13-9-8-10-14-27;1-2;/h8-10,12-20,22,25H,7,11,21H2,1-6H3;1-2H3;1H/b26-20+,30-22-,34-32?;;/t25-;;/m0../s1. The van der Waals surface area contributed by atoms with E-state index in [1.165, 1.54) is 16.7 Å². The molecule has 0 spiro atoms. The maximum atomic E-state index is 13.0. The van der Waals surface area contributed by atoms with Crippen molar-refractivity contribution in [3.05, 3.63) is 112 Å². The highest BCUT2D eigenvalue weighted by molar-refractivity contribution is 6.51. The molecule has 0 aliphatic carbocycles. The molecule has 0 unspecified atom stereocenters. The molecule has 1 atom stereocenters. The quantitative estimate of drug-likeness (QED) is 0.188. The number of rotatable bonds is 9. The third kappa shape index (κ3) is 8.76. The van der Waals surface area contributed by atoms with Crippen LogP contribution in [0.2, 0.25) is 0 Å². The van der Waals surface area contributed by atoms with Crippen molar-refractivity contribution < 1.29 is 6.22 Å². The van der Waals surface area contributed by atoms with Crippen molar-refractivity contribution in [2.24, 2.45) is 9.98 Å². The van der Waals surface area contributed by atoms with Gasteiger partial charge in [0.15, 0.2) is 5.78 Å². The monoisotopic (exact) mass is 510 g/mol. The van der Waals surface area contributed by atoms with Crippen molar-refractivity contribution in [1.29, 1.82) is 0 Å². The number of hydrogen-bond donors (Lipinski definition) is 0. The highest BCUT2D eigenvalue weighted by Crippen LogP contribution is 2.26. The Morgan fingerprint density at radius 3 is 2.47 bits per heavy atom. The second-order valence-electron chi connectivity index (χ2n) is 9.48. The highest BCUT2D eigenvalue weighted by Gasteiger charge is 2.15. The summed E-state index contributed by atoms with van der Waals surface area (Å²) < 4.78 is 0. The van der Waals surface area contributed by atoms with Crippen molar-refractivity contribution in [2.45, 2.75) is 73.6 Å². The third-order valence-electron chi connectivity index (χ3n) is 6.54. The molecule has 0 amide bonds. The molecule has 2 aromatic rings. The molecule has 0 N–H and O–H groups in total. The lowest BCUT2D eigenvalue weighted by Crippen LogP contribution is -2.13. The second-order valence-corrected chi connectivity index (χ2v) is 9.48. The molecule has 0 fully saturated rings. The van der Waals surface area contributed by atoms with Crippen LogP contribution in [-0.4, -0.2) is 24.3 Å². The molecule has 0 radical (unpaired) electrons. The summed E-state index contributed by atoms with van der Waals surface area (Å²) >= 11 is 0. The number of nitrogens with zero attached hydrogens (tertiary/aromatic N) is 2. The number of aliphatic imine (C=N–C) groups is 2. The maximum absolute atomic E-state index is 13.0. The fourth-order valence-corrected chi connectivity index (χ4v) is 4.40. The Kier molecular flexibility index (Phi) is 12.6. The maximum Gasteiger partial charge on any atom is 0.162 e. The number of ketones is 1. The zero-order chi connectivity index (χ0) is 28.1. The van der Waals surface area contributed by atoms with Crippen LogP contribution in [0.4, 0.5) is 0 Å². The molecule has 38 heavy (non-hydrogen) atoms. The molecule has 1 aliphatic heterocycles. The van der Waals surface area contributed by atoms with Crippen molar-refractivity contribution >= 4 is 23.3 Å². The van der Waals surface area contributed by atoms with E-state index in [-0.39, 0.29) is 7.21 Å². The lowest BCUT2D eigenvalue weighted by Gasteiger charge is -2.13. The summed E-state index contributed by atoms with van der Waals surface area (Å²) in [6.45, 7) is 14.3. The number of carbonyl (C=O) groups is 1. The first-order chi connectivity index (χ1) is 18.3. The van der Waals surface area contributed by atoms with Crippen LogP contribution >= 0.6 is 0 Å². The average molecular weight is 511 g/mol. The molecule has 1 aliphatic rings. The zero-order valence-electron chi connectivity index (χ0n) is 24.5. The van der Waals surface area contributed by atoms with Gasteiger partial charge in [-0.3, -0.25) is 14.8 Å². The Morgan fingerprint density at radius 1 is 1.13 bits per heavy atom. The Labute approximate surface area is 232 Å². The molecule has 3 heteroatoms. The average Bonchev–Trinajstić information content (AvgIpc) is 3.17. The van der Waals surface area contributed by atoms with Gasteiger partial charge in [0.25, 0.3) is 0 Å². The minimum Gasteiger partial charge on any atom is -0.294 e. The van der Waals surface area contributed by atoms with Gasteiger partial charge in [-0.25, -0.2) is 0 Å². The summed E-state index contributed by atoms with van der Waals surface area (Å²) in [4.78, 5) is 22.6. The SMILES string of the molecule is CC.CCC(=O)C(=C\C(=NC)C1=NC(C[C@H](C)c2ccccc2)=CCC=C1)/C(C)=C/c1ccc(C)cc1C.[HH]. The number of Topliss-reactive ketones (excluding diaryl/α,β-unsaturated/α-hetero) is 1. The summed E-state index contributed by atoms with van der Waals surface area (Å²) in [5, 5.41) is 0. The molecule has 0 saturated carbocycles. The first-order valence-electron chi connectivity index (χ1n) is 13.8. The van der Waals surface area contributed by atoms with E-state index >= 15 is 0 Å². The Morgan fingerprint density at radius 2 is 1.84 bits per heavy atom. The van der Waals surface area contributed by atoms with E-state index in [4.69, 9.17) is 4.99 Å². The van der Waals surface area contributed by atoms with Crippen LogP contribution in [-0.2, 0) is 4.79 Å². The number of benzene rings is 2. The van der Waals surface area contributed by atoms with E-state index in [9.17, 15) is 4.79 Å². The van der Waals surface area contributed by atoms with Crippen LogP contribution < -0.4 is 0 Å². The van der Waals surface area contributed by atoms with E-state index in [1.807, 2.05) is 45.9 Å². The summed E-state index contributed by atoms with van der Waals surface area (Å²) in [5.41, 5.74) is 9.02. The van der Waals surface area contributed by atoms with Gasteiger partial charge in [0.1, 0.15) is 0 Å². The van der Waals surface area contributed by atoms with Crippen LogP contribution in [0, 0.1) is 13.8 Å². The van der Waals surface area contributed by atoms with Crippen LogP contribution in [0.1, 0.15) is 83.5 Å². The van der Waals surface area contributed by atoms with E-state index in [1.54, 1.807) is 7.05 Å². The normalized spacial score (nSPS) is 15.1. The van der Waals surface area contributed by atoms with Crippen LogP contribution in [0.15, 0.2) is 99.7 Å². The molecule has 0 bridgehead atoms. The Bertz CT molecular complexity index is 1280. The fourth-order valence-electron chi connectivity index (χ4n) is 4.40. The van der Waals surface area contributed by atoms with Gasteiger partial charge in [0, 0.05) is 26.2 Å². The van der Waals surface area contributed by atoms with Crippen molar-refractivity contribution in [3.8, 4) is 0 Å². The molecular weight excluding hydrogens is 464 g/mol. The molecule has 0 saturated heterocycles. The third-order valence-corrected chi connectivity index (χ3v) is 6.54. The van der Waals surface area contributed by atoms with E-state index in [2.05, 4.69) is 86.5 Å². The number of hydrogen-bond acceptors (Lipinski definition) is 3. The number of allylic oxidation sites excluding steroid dienone is 7.